The lowest BCUT2D eigenvalue weighted by atomic mass is 10.0. The van der Waals surface area contributed by atoms with Crippen LogP contribution in [0.25, 0.3) is 0 Å². The predicted octanol–water partition coefficient (Wildman–Crippen LogP) is 1.55. The first-order chi connectivity index (χ1) is 15.0. The molecule has 172 valence electrons. The number of carboxylic acid groups (broad SMARTS) is 2. The van der Waals surface area contributed by atoms with Gasteiger partial charge in [-0.25, -0.2) is 22.4 Å². The zero-order valence-electron chi connectivity index (χ0n) is 16.9. The van der Waals surface area contributed by atoms with Crippen LogP contribution < -0.4 is 4.74 Å². The van der Waals surface area contributed by atoms with Crippen LogP contribution in [0.3, 0.4) is 0 Å². The monoisotopic (exact) mass is 468 g/mol. The quantitative estimate of drug-likeness (QED) is 0.579. The maximum absolute atomic E-state index is 13.1. The molecule has 2 atom stereocenters. The normalized spacial score (nSPS) is 21.8. The van der Waals surface area contributed by atoms with Crippen LogP contribution in [0, 0.1) is 5.82 Å². The van der Waals surface area contributed by atoms with Crippen molar-refractivity contribution in [3.8, 4) is 5.75 Å². The number of benzene rings is 2. The van der Waals surface area contributed by atoms with Crippen LogP contribution in [-0.2, 0) is 21.4 Å². The molecule has 0 radical (unpaired) electrons. The van der Waals surface area contributed by atoms with Crippen LogP contribution in [0.1, 0.15) is 12.5 Å². The molecule has 0 aliphatic carbocycles. The number of aliphatic hydroxyl groups is 1. The van der Waals surface area contributed by atoms with Gasteiger partial charge < -0.3 is 20.1 Å². The number of ether oxygens (including phenoxy) is 1. The molecule has 2 aromatic rings. The van der Waals surface area contributed by atoms with Gasteiger partial charge in [0.2, 0.25) is 10.0 Å². The Morgan fingerprint density at radius 3 is 2.22 bits per heavy atom. The van der Waals surface area contributed by atoms with Crippen molar-refractivity contribution in [1.82, 2.24) is 9.21 Å². The van der Waals surface area contributed by atoms with E-state index in [-0.39, 0.29) is 23.9 Å². The summed E-state index contributed by atoms with van der Waals surface area (Å²) in [7, 11) is -4.50. The predicted molar refractivity (Wildman–Crippen MR) is 108 cm³/mol. The molecule has 1 fully saturated rings. The number of carbonyl (C=O) groups is 2. The number of hydrogen-bond donors (Lipinski definition) is 3. The van der Waals surface area contributed by atoms with E-state index in [0.717, 1.165) is 6.92 Å². The molecular formula is C20H21FN2O8S. The second-order valence-electron chi connectivity index (χ2n) is 7.15. The summed E-state index contributed by atoms with van der Waals surface area (Å²) in [5.74, 6) is -1.97. The second-order valence-corrected chi connectivity index (χ2v) is 9.01. The minimum atomic E-state index is -4.50. The molecule has 1 saturated heterocycles. The highest BCUT2D eigenvalue weighted by atomic mass is 32.2. The van der Waals surface area contributed by atoms with E-state index in [1.807, 2.05) is 0 Å². The number of amides is 1. The molecule has 1 aliphatic heterocycles. The molecule has 0 saturated carbocycles. The van der Waals surface area contributed by atoms with Gasteiger partial charge in [0.25, 0.3) is 5.72 Å². The van der Waals surface area contributed by atoms with Crippen molar-refractivity contribution in [3.63, 3.8) is 0 Å². The minimum absolute atomic E-state index is 0.111. The van der Waals surface area contributed by atoms with Gasteiger partial charge in [0.1, 0.15) is 18.2 Å². The Hall–Kier alpha value is -3.22. The second kappa shape index (κ2) is 8.73. The molecule has 1 heterocycles. The summed E-state index contributed by atoms with van der Waals surface area (Å²) in [6.07, 6.45) is -1.48. The van der Waals surface area contributed by atoms with Gasteiger partial charge in [-0.15, -0.1) is 0 Å². The van der Waals surface area contributed by atoms with Crippen LogP contribution in [-0.4, -0.2) is 69.9 Å². The van der Waals surface area contributed by atoms with Crippen LogP contribution in [0.5, 0.6) is 5.75 Å². The lowest BCUT2D eigenvalue weighted by Crippen LogP contribution is -2.72. The zero-order chi connectivity index (χ0) is 23.7. The highest BCUT2D eigenvalue weighted by Crippen LogP contribution is 2.32. The van der Waals surface area contributed by atoms with E-state index < -0.39 is 40.4 Å². The number of hydrogen-bond acceptors (Lipinski definition) is 6. The van der Waals surface area contributed by atoms with Crippen LogP contribution >= 0.6 is 0 Å². The fourth-order valence-electron chi connectivity index (χ4n) is 3.42. The van der Waals surface area contributed by atoms with Gasteiger partial charge in [0.15, 0.2) is 0 Å². The minimum Gasteiger partial charge on any atom is -0.489 e. The van der Waals surface area contributed by atoms with Crippen molar-refractivity contribution in [2.45, 2.75) is 30.2 Å². The van der Waals surface area contributed by atoms with E-state index in [9.17, 15) is 37.7 Å². The number of aliphatic carboxylic acids is 1. The van der Waals surface area contributed by atoms with E-state index in [1.54, 1.807) is 12.1 Å². The Morgan fingerprint density at radius 2 is 1.69 bits per heavy atom. The smallest absolute Gasteiger partial charge is 0.407 e. The van der Waals surface area contributed by atoms with Gasteiger partial charge in [0, 0.05) is 13.1 Å². The highest BCUT2D eigenvalue weighted by Gasteiger charge is 2.58. The molecule has 1 amide bonds. The van der Waals surface area contributed by atoms with Gasteiger partial charge in [-0.3, -0.25) is 4.90 Å². The summed E-state index contributed by atoms with van der Waals surface area (Å²) < 4.78 is 45.1. The maximum atomic E-state index is 13.1. The fraction of sp³-hybridized carbons (Fsp3) is 0.300. The number of rotatable bonds is 6. The average Bonchev–Trinajstić information content (AvgIpc) is 2.75. The Labute approximate surface area is 183 Å². The first-order valence-corrected chi connectivity index (χ1v) is 10.9. The first-order valence-electron chi connectivity index (χ1n) is 9.43. The van der Waals surface area contributed by atoms with Gasteiger partial charge in [-0.05, 0) is 48.9 Å². The van der Waals surface area contributed by atoms with E-state index >= 15 is 0 Å². The van der Waals surface area contributed by atoms with Crippen molar-refractivity contribution < 1.29 is 42.5 Å². The molecular weight excluding hydrogens is 447 g/mol. The van der Waals surface area contributed by atoms with E-state index in [0.29, 0.717) is 20.5 Å². The largest absolute Gasteiger partial charge is 0.489 e. The molecule has 0 spiro atoms. The topological polar surface area (TPSA) is 145 Å². The third kappa shape index (κ3) is 4.24. The lowest BCUT2D eigenvalue weighted by molar-refractivity contribution is -0.191. The molecule has 0 aromatic heterocycles. The number of nitrogens with zero attached hydrogens (tertiary/aromatic N) is 2. The fourth-order valence-corrected chi connectivity index (χ4v) is 5.07. The molecule has 2 unspecified atom stereocenters. The summed E-state index contributed by atoms with van der Waals surface area (Å²) in [5.41, 5.74) is -2.30. The van der Waals surface area contributed by atoms with Crippen LogP contribution in [0.2, 0.25) is 0 Å². The number of piperazine rings is 1. The van der Waals surface area contributed by atoms with E-state index in [4.69, 9.17) is 4.74 Å². The van der Waals surface area contributed by atoms with Crippen molar-refractivity contribution in [3.05, 3.63) is 59.9 Å². The lowest BCUT2D eigenvalue weighted by Gasteiger charge is -2.47. The number of sulfonamides is 1. The van der Waals surface area contributed by atoms with E-state index in [2.05, 4.69) is 0 Å². The summed E-state index contributed by atoms with van der Waals surface area (Å²) in [6, 6.07) is 9.17. The molecule has 32 heavy (non-hydrogen) atoms. The average molecular weight is 468 g/mol. The van der Waals surface area contributed by atoms with Crippen LogP contribution in [0.4, 0.5) is 9.18 Å². The van der Waals surface area contributed by atoms with Gasteiger partial charge in [-0.1, -0.05) is 12.1 Å². The van der Waals surface area contributed by atoms with Crippen molar-refractivity contribution in [2.24, 2.45) is 0 Å². The van der Waals surface area contributed by atoms with E-state index in [1.165, 1.54) is 36.4 Å². The van der Waals surface area contributed by atoms with Crippen molar-refractivity contribution in [1.29, 1.82) is 0 Å². The Bertz CT molecular complexity index is 1110. The number of halogens is 1. The van der Waals surface area contributed by atoms with Gasteiger partial charge in [0.05, 0.1) is 10.9 Å². The number of carboxylic acids is 1. The zero-order valence-corrected chi connectivity index (χ0v) is 17.7. The molecule has 3 N–H and O–H groups in total. The van der Waals surface area contributed by atoms with Crippen LogP contribution in [0.15, 0.2) is 53.4 Å². The third-order valence-corrected chi connectivity index (χ3v) is 7.17. The molecule has 1 aliphatic rings. The summed E-state index contributed by atoms with van der Waals surface area (Å²) in [5, 5.41) is 29.6. The molecule has 0 bridgehead atoms. The summed E-state index contributed by atoms with van der Waals surface area (Å²) >= 11 is 0. The molecule has 3 rings (SSSR count). The first kappa shape index (κ1) is 23.4. The Kier molecular flexibility index (Phi) is 6.39. The standard InChI is InChI=1S/C20H21FN2O8S/c1-13-20(28,18(24)25)23(11-10-22(13)19(26)27)32(29,30)17-8-6-16(7-9-17)31-12-14-2-4-15(21)5-3-14/h2-9,13,28H,10-12H2,1H3,(H,24,25)(H,26,27). The van der Waals surface area contributed by atoms with Gasteiger partial charge in [-0.2, -0.15) is 4.31 Å². The molecule has 10 nitrogen and oxygen atoms in total. The summed E-state index contributed by atoms with van der Waals surface area (Å²) in [4.78, 5) is 23.5. The molecule has 2 aromatic carbocycles. The van der Waals surface area contributed by atoms with Crippen molar-refractivity contribution in [2.75, 3.05) is 13.1 Å². The van der Waals surface area contributed by atoms with Gasteiger partial charge >= 0.3 is 12.1 Å². The maximum Gasteiger partial charge on any atom is 0.407 e. The highest BCUT2D eigenvalue weighted by molar-refractivity contribution is 7.89. The molecule has 12 heteroatoms. The van der Waals surface area contributed by atoms with Crippen molar-refractivity contribution >= 4 is 22.1 Å². The Morgan fingerprint density at radius 1 is 1.09 bits per heavy atom. The Balaban J connectivity index is 1.82. The summed E-state index contributed by atoms with van der Waals surface area (Å²) in [6.45, 7) is 0.366. The third-order valence-electron chi connectivity index (χ3n) is 5.27. The SMILES string of the molecule is CC1N(C(=O)O)CCN(S(=O)(=O)c2ccc(OCc3ccc(F)cc3)cc2)C1(O)C(=O)O.